The molecule has 0 radical (unpaired) electrons. The molecule has 6 nitrogen and oxygen atoms in total. The van der Waals surface area contributed by atoms with Crippen LogP contribution in [0.5, 0.6) is 0 Å². The van der Waals surface area contributed by atoms with Crippen molar-refractivity contribution in [3.63, 3.8) is 0 Å². The molecule has 2 aromatic rings. The molecule has 0 aromatic carbocycles. The van der Waals surface area contributed by atoms with Gasteiger partial charge in [-0.1, -0.05) is 0 Å². The molecule has 3 rings (SSSR count). The Morgan fingerprint density at radius 2 is 2.20 bits per heavy atom. The Hall–Kier alpha value is -1.95. The van der Waals surface area contributed by atoms with Gasteiger partial charge in [0.25, 0.3) is 0 Å². The number of likely N-dealkylation sites (tertiary alicyclic amines) is 1. The van der Waals surface area contributed by atoms with E-state index in [1.54, 1.807) is 6.20 Å². The Bertz CT molecular complexity index is 569. The number of hydrogen-bond donors (Lipinski definition) is 1. The Morgan fingerprint density at radius 1 is 1.40 bits per heavy atom. The van der Waals surface area contributed by atoms with E-state index in [0.717, 1.165) is 43.9 Å². The van der Waals surface area contributed by atoms with Gasteiger partial charge in [-0.25, -0.2) is 9.97 Å². The molecule has 1 saturated heterocycles. The predicted octanol–water partition coefficient (Wildman–Crippen LogP) is 1.42. The summed E-state index contributed by atoms with van der Waals surface area (Å²) in [4.78, 5) is 21.7. The van der Waals surface area contributed by atoms with Gasteiger partial charge in [-0.3, -0.25) is 14.1 Å². The third-order valence-electron chi connectivity index (χ3n) is 3.84. The molecule has 2 aromatic heterocycles. The summed E-state index contributed by atoms with van der Waals surface area (Å²) in [5.74, 6) is 0.365. The van der Waals surface area contributed by atoms with Gasteiger partial charge in [-0.05, 0) is 37.9 Å². The first-order valence-corrected chi connectivity index (χ1v) is 6.93. The van der Waals surface area contributed by atoms with Crippen molar-refractivity contribution < 1.29 is 9.90 Å². The minimum atomic E-state index is -0.685. The summed E-state index contributed by atoms with van der Waals surface area (Å²) >= 11 is 0. The van der Waals surface area contributed by atoms with E-state index in [4.69, 9.17) is 5.11 Å². The second-order valence-electron chi connectivity index (χ2n) is 5.38. The third kappa shape index (κ3) is 2.96. The maximum Gasteiger partial charge on any atom is 0.303 e. The normalized spacial score (nSPS) is 17.6. The highest BCUT2D eigenvalue weighted by Crippen LogP contribution is 2.21. The van der Waals surface area contributed by atoms with E-state index in [1.807, 2.05) is 22.9 Å². The number of nitrogens with zero attached hydrogens (tertiary/aromatic N) is 4. The zero-order chi connectivity index (χ0) is 13.9. The lowest BCUT2D eigenvalue weighted by Crippen LogP contribution is -2.34. The van der Waals surface area contributed by atoms with Crippen LogP contribution in [0.15, 0.2) is 24.7 Å². The number of rotatable bonds is 4. The molecule has 6 heteroatoms. The van der Waals surface area contributed by atoms with Crippen molar-refractivity contribution in [2.24, 2.45) is 5.92 Å². The summed E-state index contributed by atoms with van der Waals surface area (Å²) in [6, 6.07) is 1.88. The van der Waals surface area contributed by atoms with E-state index in [0.29, 0.717) is 12.3 Å². The van der Waals surface area contributed by atoms with E-state index in [2.05, 4.69) is 14.9 Å². The average molecular weight is 274 g/mol. The van der Waals surface area contributed by atoms with E-state index >= 15 is 0 Å². The van der Waals surface area contributed by atoms with Crippen LogP contribution in [0.2, 0.25) is 0 Å². The molecule has 20 heavy (non-hydrogen) atoms. The van der Waals surface area contributed by atoms with Gasteiger partial charge in [0.05, 0.1) is 5.69 Å². The van der Waals surface area contributed by atoms with Gasteiger partial charge in [0.1, 0.15) is 0 Å². The van der Waals surface area contributed by atoms with Crippen LogP contribution < -0.4 is 0 Å². The Balaban J connectivity index is 1.58. The summed E-state index contributed by atoms with van der Waals surface area (Å²) in [6.07, 6.45) is 7.90. The lowest BCUT2D eigenvalue weighted by molar-refractivity contribution is -0.138. The van der Waals surface area contributed by atoms with Gasteiger partial charge in [0.15, 0.2) is 0 Å². The Morgan fingerprint density at radius 3 is 2.90 bits per heavy atom. The topological polar surface area (TPSA) is 70.7 Å². The van der Waals surface area contributed by atoms with Crippen molar-refractivity contribution in [3.8, 4) is 0 Å². The quantitative estimate of drug-likeness (QED) is 0.913. The number of aromatic nitrogens is 3. The molecule has 0 bridgehead atoms. The predicted molar refractivity (Wildman–Crippen MR) is 73.2 cm³/mol. The SMILES string of the molecule is O=C(O)CC1CCN(Cc2cn3cccnc3n2)CC1. The smallest absolute Gasteiger partial charge is 0.303 e. The Kier molecular flexibility index (Phi) is 3.64. The average Bonchev–Trinajstić information content (AvgIpc) is 2.82. The monoisotopic (exact) mass is 274 g/mol. The zero-order valence-corrected chi connectivity index (χ0v) is 11.3. The molecule has 1 fully saturated rings. The van der Waals surface area contributed by atoms with Crippen LogP contribution >= 0.6 is 0 Å². The molecule has 1 aliphatic heterocycles. The minimum absolute atomic E-state index is 0.298. The van der Waals surface area contributed by atoms with Crippen LogP contribution in [0, 0.1) is 5.92 Å². The molecule has 106 valence electrons. The molecule has 0 amide bonds. The van der Waals surface area contributed by atoms with Crippen LogP contribution in [0.25, 0.3) is 5.78 Å². The molecule has 1 N–H and O–H groups in total. The largest absolute Gasteiger partial charge is 0.481 e. The number of fused-ring (bicyclic) bond motifs is 1. The summed E-state index contributed by atoms with van der Waals surface area (Å²) in [5.41, 5.74) is 1.01. The van der Waals surface area contributed by atoms with Crippen LogP contribution in [0.3, 0.4) is 0 Å². The lowest BCUT2D eigenvalue weighted by atomic mass is 9.93. The number of piperidine rings is 1. The summed E-state index contributed by atoms with van der Waals surface area (Å²) in [6.45, 7) is 2.70. The maximum atomic E-state index is 10.7. The number of aliphatic carboxylic acids is 1. The van der Waals surface area contributed by atoms with Crippen molar-refractivity contribution >= 4 is 11.7 Å². The second kappa shape index (κ2) is 5.58. The summed E-state index contributed by atoms with van der Waals surface area (Å²) in [7, 11) is 0. The van der Waals surface area contributed by atoms with Gasteiger partial charge in [-0.15, -0.1) is 0 Å². The fourth-order valence-electron chi connectivity index (χ4n) is 2.78. The highest BCUT2D eigenvalue weighted by molar-refractivity contribution is 5.67. The molecule has 0 saturated carbocycles. The zero-order valence-electron chi connectivity index (χ0n) is 11.3. The van der Waals surface area contributed by atoms with Gasteiger partial charge >= 0.3 is 5.97 Å². The molecule has 3 heterocycles. The highest BCUT2D eigenvalue weighted by Gasteiger charge is 2.21. The number of carbonyl (C=O) groups is 1. The maximum absolute atomic E-state index is 10.7. The van der Waals surface area contributed by atoms with Gasteiger partial charge in [0, 0.05) is 31.6 Å². The first kappa shape index (κ1) is 13.1. The molecular formula is C14H18N4O2. The van der Waals surface area contributed by atoms with E-state index < -0.39 is 5.97 Å². The number of hydrogen-bond acceptors (Lipinski definition) is 4. The molecule has 0 aliphatic carbocycles. The summed E-state index contributed by atoms with van der Waals surface area (Å²) < 4.78 is 1.92. The van der Waals surface area contributed by atoms with Crippen molar-refractivity contribution in [2.75, 3.05) is 13.1 Å². The molecule has 1 aliphatic rings. The molecular weight excluding hydrogens is 256 g/mol. The van der Waals surface area contributed by atoms with E-state index in [1.165, 1.54) is 0 Å². The molecule has 0 spiro atoms. The van der Waals surface area contributed by atoms with Crippen LogP contribution in [-0.4, -0.2) is 43.4 Å². The number of imidazole rings is 1. The van der Waals surface area contributed by atoms with Crippen LogP contribution in [0.4, 0.5) is 0 Å². The van der Waals surface area contributed by atoms with Crippen molar-refractivity contribution in [1.82, 2.24) is 19.3 Å². The highest BCUT2D eigenvalue weighted by atomic mass is 16.4. The van der Waals surface area contributed by atoms with Gasteiger partial charge in [-0.2, -0.15) is 0 Å². The fourth-order valence-corrected chi connectivity index (χ4v) is 2.78. The van der Waals surface area contributed by atoms with E-state index in [9.17, 15) is 4.79 Å². The first-order chi connectivity index (χ1) is 9.70. The van der Waals surface area contributed by atoms with Crippen LogP contribution in [0.1, 0.15) is 25.0 Å². The summed E-state index contributed by atoms with van der Waals surface area (Å²) in [5, 5.41) is 8.81. The Labute approximate surface area is 117 Å². The lowest BCUT2D eigenvalue weighted by Gasteiger charge is -2.30. The second-order valence-corrected chi connectivity index (χ2v) is 5.38. The van der Waals surface area contributed by atoms with Crippen molar-refractivity contribution in [2.45, 2.75) is 25.8 Å². The minimum Gasteiger partial charge on any atom is -0.481 e. The molecule has 0 unspecified atom stereocenters. The molecule has 0 atom stereocenters. The standard InChI is InChI=1S/C14H18N4O2/c19-13(20)8-11-2-6-17(7-3-11)9-12-10-18-5-1-4-15-14(18)16-12/h1,4-5,10-11H,2-3,6-9H2,(H,19,20). The van der Waals surface area contributed by atoms with E-state index in [-0.39, 0.29) is 0 Å². The first-order valence-electron chi connectivity index (χ1n) is 6.93. The van der Waals surface area contributed by atoms with Crippen molar-refractivity contribution in [1.29, 1.82) is 0 Å². The number of carboxylic acid groups (broad SMARTS) is 1. The van der Waals surface area contributed by atoms with Crippen molar-refractivity contribution in [3.05, 3.63) is 30.4 Å². The van der Waals surface area contributed by atoms with Crippen LogP contribution in [-0.2, 0) is 11.3 Å². The van der Waals surface area contributed by atoms with Gasteiger partial charge < -0.3 is 5.11 Å². The van der Waals surface area contributed by atoms with Gasteiger partial charge in [0.2, 0.25) is 5.78 Å². The fraction of sp³-hybridized carbons (Fsp3) is 0.500. The number of carboxylic acids is 1. The third-order valence-corrected chi connectivity index (χ3v) is 3.84.